The highest BCUT2D eigenvalue weighted by Crippen LogP contribution is 2.46. The summed E-state index contributed by atoms with van der Waals surface area (Å²) in [5, 5.41) is 0. The predicted octanol–water partition coefficient (Wildman–Crippen LogP) is 2.80. The van der Waals surface area contributed by atoms with Crippen LogP contribution >= 0.6 is 11.0 Å². The van der Waals surface area contributed by atoms with Crippen molar-refractivity contribution >= 4 is 28.4 Å². The molecular formula is C20H25N5O4S. The summed E-state index contributed by atoms with van der Waals surface area (Å²) in [5.74, 6) is 0.553. The molecule has 5 N–H and O–H groups in total. The molecule has 0 saturated carbocycles. The van der Waals surface area contributed by atoms with E-state index in [1.807, 2.05) is 17.0 Å². The fraction of sp³-hybridized carbons (Fsp3) is 0.350. The molecule has 1 aromatic carbocycles. The SMILES string of the molecule is NC1=NS(O)(O)Nc2cccc(OCC3CCCCN3C(=O)Cc3cccnc3)c21. The number of benzene rings is 1. The number of pyridine rings is 1. The zero-order chi connectivity index (χ0) is 21.1. The molecule has 1 amide bonds. The van der Waals surface area contributed by atoms with Crippen LogP contribution in [-0.4, -0.2) is 49.9 Å². The lowest BCUT2D eigenvalue weighted by Gasteiger charge is -2.36. The summed E-state index contributed by atoms with van der Waals surface area (Å²) in [4.78, 5) is 18.9. The Balaban J connectivity index is 1.47. The molecule has 1 fully saturated rings. The Bertz CT molecular complexity index is 953. The normalized spacial score (nSPS) is 21.1. The van der Waals surface area contributed by atoms with E-state index in [0.29, 0.717) is 36.6 Å². The number of likely N-dealkylation sites (tertiary alicyclic amines) is 1. The third-order valence-corrected chi connectivity index (χ3v) is 6.16. The summed E-state index contributed by atoms with van der Waals surface area (Å²) in [7, 11) is -3.35. The molecule has 160 valence electrons. The van der Waals surface area contributed by atoms with Gasteiger partial charge in [0.05, 0.1) is 23.7 Å². The van der Waals surface area contributed by atoms with Crippen molar-refractivity contribution in [3.8, 4) is 5.75 Å². The Morgan fingerprint density at radius 2 is 2.17 bits per heavy atom. The van der Waals surface area contributed by atoms with E-state index in [-0.39, 0.29) is 17.8 Å². The summed E-state index contributed by atoms with van der Waals surface area (Å²) < 4.78 is 32.0. The number of hydrogen-bond acceptors (Lipinski definition) is 8. The fourth-order valence-corrected chi connectivity index (χ4v) is 4.70. The molecule has 30 heavy (non-hydrogen) atoms. The molecule has 1 unspecified atom stereocenters. The number of carbonyl (C=O) groups excluding carboxylic acids is 1. The maximum Gasteiger partial charge on any atom is 0.227 e. The predicted molar refractivity (Wildman–Crippen MR) is 116 cm³/mol. The first-order valence-corrected chi connectivity index (χ1v) is 11.3. The van der Waals surface area contributed by atoms with Crippen LogP contribution in [0.25, 0.3) is 0 Å². The molecule has 4 rings (SSSR count). The molecule has 1 aromatic heterocycles. The average molecular weight is 432 g/mol. The highest BCUT2D eigenvalue weighted by molar-refractivity contribution is 8.24. The number of carbonyl (C=O) groups is 1. The molecule has 2 aromatic rings. The number of nitrogens with one attached hydrogen (secondary N) is 1. The average Bonchev–Trinajstić information content (AvgIpc) is 2.72. The smallest absolute Gasteiger partial charge is 0.227 e. The lowest BCUT2D eigenvalue weighted by molar-refractivity contribution is -0.134. The molecule has 1 atom stereocenters. The number of aromatic nitrogens is 1. The van der Waals surface area contributed by atoms with Crippen molar-refractivity contribution < 1.29 is 18.6 Å². The van der Waals surface area contributed by atoms with Crippen molar-refractivity contribution in [1.29, 1.82) is 0 Å². The summed E-state index contributed by atoms with van der Waals surface area (Å²) in [6.07, 6.45) is 6.57. The van der Waals surface area contributed by atoms with Gasteiger partial charge in [-0.3, -0.25) is 23.6 Å². The van der Waals surface area contributed by atoms with E-state index in [9.17, 15) is 13.9 Å². The van der Waals surface area contributed by atoms with Crippen molar-refractivity contribution in [2.24, 2.45) is 10.1 Å². The quantitative estimate of drug-likeness (QED) is 0.572. The van der Waals surface area contributed by atoms with Crippen LogP contribution in [-0.2, 0) is 11.2 Å². The maximum atomic E-state index is 12.9. The zero-order valence-corrected chi connectivity index (χ0v) is 17.2. The van der Waals surface area contributed by atoms with Gasteiger partial charge in [-0.1, -0.05) is 12.1 Å². The van der Waals surface area contributed by atoms with Crippen molar-refractivity contribution in [3.63, 3.8) is 0 Å². The van der Waals surface area contributed by atoms with Crippen molar-refractivity contribution in [3.05, 3.63) is 53.9 Å². The van der Waals surface area contributed by atoms with Crippen LogP contribution in [0.4, 0.5) is 5.69 Å². The summed E-state index contributed by atoms with van der Waals surface area (Å²) in [5.41, 5.74) is 7.79. The number of nitrogens with zero attached hydrogens (tertiary/aromatic N) is 3. The number of amides is 1. The van der Waals surface area contributed by atoms with Gasteiger partial charge < -0.3 is 15.4 Å². The molecule has 0 radical (unpaired) electrons. The number of amidine groups is 1. The lowest BCUT2D eigenvalue weighted by atomic mass is 10.0. The van der Waals surface area contributed by atoms with Crippen LogP contribution in [0.2, 0.25) is 0 Å². The molecule has 9 nitrogen and oxygen atoms in total. The van der Waals surface area contributed by atoms with Gasteiger partial charge in [-0.2, -0.15) is 0 Å². The van der Waals surface area contributed by atoms with Gasteiger partial charge in [-0.25, -0.2) is 0 Å². The molecule has 0 bridgehead atoms. The van der Waals surface area contributed by atoms with Gasteiger partial charge in [0, 0.05) is 18.9 Å². The van der Waals surface area contributed by atoms with Crippen LogP contribution in [0.15, 0.2) is 47.1 Å². The van der Waals surface area contributed by atoms with E-state index in [1.54, 1.807) is 30.6 Å². The summed E-state index contributed by atoms with van der Waals surface area (Å²) in [6, 6.07) is 8.85. The summed E-state index contributed by atoms with van der Waals surface area (Å²) >= 11 is 0. The Labute approximate surface area is 176 Å². The fourth-order valence-electron chi connectivity index (χ4n) is 3.82. The van der Waals surface area contributed by atoms with E-state index in [1.165, 1.54) is 0 Å². The highest BCUT2D eigenvalue weighted by atomic mass is 32.3. The van der Waals surface area contributed by atoms with E-state index in [2.05, 4.69) is 14.1 Å². The largest absolute Gasteiger partial charge is 0.491 e. The van der Waals surface area contributed by atoms with Gasteiger partial charge in [0.1, 0.15) is 12.4 Å². The third-order valence-electron chi connectivity index (χ3n) is 5.21. The number of fused-ring (bicyclic) bond motifs is 1. The zero-order valence-electron chi connectivity index (χ0n) is 16.4. The first-order chi connectivity index (χ1) is 14.4. The van der Waals surface area contributed by atoms with Crippen LogP contribution < -0.4 is 15.2 Å². The Kier molecular flexibility index (Phi) is 5.80. The molecule has 0 aliphatic carbocycles. The highest BCUT2D eigenvalue weighted by Gasteiger charge is 2.29. The molecule has 1 saturated heterocycles. The van der Waals surface area contributed by atoms with Crippen molar-refractivity contribution in [1.82, 2.24) is 9.88 Å². The minimum atomic E-state index is -3.35. The Morgan fingerprint density at radius 3 is 2.97 bits per heavy atom. The molecule has 0 spiro atoms. The van der Waals surface area contributed by atoms with Crippen molar-refractivity contribution in [2.45, 2.75) is 31.7 Å². The minimum absolute atomic E-state index is 0.00695. The monoisotopic (exact) mass is 431 g/mol. The van der Waals surface area contributed by atoms with Gasteiger partial charge in [-0.05, 0) is 54.0 Å². The number of anilines is 1. The first kappa shape index (κ1) is 20.5. The second kappa shape index (κ2) is 8.50. The van der Waals surface area contributed by atoms with E-state index in [4.69, 9.17) is 10.5 Å². The van der Waals surface area contributed by atoms with Gasteiger partial charge >= 0.3 is 0 Å². The van der Waals surface area contributed by atoms with E-state index < -0.39 is 11.0 Å². The molecule has 10 heteroatoms. The lowest BCUT2D eigenvalue weighted by Crippen LogP contribution is -2.47. The summed E-state index contributed by atoms with van der Waals surface area (Å²) in [6.45, 7) is 1.02. The molecule has 3 heterocycles. The number of nitrogens with two attached hydrogens (primary N) is 1. The molecule has 2 aliphatic heterocycles. The van der Waals surface area contributed by atoms with Gasteiger partial charge in [0.15, 0.2) is 5.84 Å². The molecule has 2 aliphatic rings. The maximum absolute atomic E-state index is 12.9. The first-order valence-electron chi connectivity index (χ1n) is 9.79. The Morgan fingerprint density at radius 1 is 1.30 bits per heavy atom. The third kappa shape index (κ3) is 4.50. The number of ether oxygens (including phenoxy) is 1. The van der Waals surface area contributed by atoms with Crippen LogP contribution in [0, 0.1) is 0 Å². The second-order valence-corrected chi connectivity index (χ2v) is 8.79. The van der Waals surface area contributed by atoms with Gasteiger partial charge in [-0.15, -0.1) is 4.40 Å². The van der Waals surface area contributed by atoms with Crippen LogP contribution in [0.5, 0.6) is 5.75 Å². The topological polar surface area (TPSA) is 133 Å². The van der Waals surface area contributed by atoms with E-state index in [0.717, 1.165) is 24.8 Å². The van der Waals surface area contributed by atoms with Crippen molar-refractivity contribution in [2.75, 3.05) is 17.9 Å². The van der Waals surface area contributed by atoms with E-state index >= 15 is 0 Å². The van der Waals surface area contributed by atoms with Gasteiger partial charge in [0.2, 0.25) is 5.91 Å². The molecular weight excluding hydrogens is 406 g/mol. The van der Waals surface area contributed by atoms with Crippen LogP contribution in [0.3, 0.4) is 0 Å². The van der Waals surface area contributed by atoms with Gasteiger partial charge in [0.25, 0.3) is 0 Å². The number of hydrogen-bond donors (Lipinski definition) is 4. The number of piperidine rings is 1. The number of rotatable bonds is 5. The standard InChI is InChI=1S/C20H25N5O4S/c21-20-19-16(23-30(27,28)24-20)7-3-8-17(19)29-13-15-6-1-2-10-25(15)18(26)11-14-5-4-9-22-12-14/h3-5,7-9,12,15,23,27-28H,1-2,6,10-11,13H2,(H2,21,24). The Hall–Kier alpha value is -2.82. The minimum Gasteiger partial charge on any atom is -0.491 e. The second-order valence-electron chi connectivity index (χ2n) is 7.36. The van der Waals surface area contributed by atoms with Crippen LogP contribution in [0.1, 0.15) is 30.4 Å².